The molecule has 0 aromatic heterocycles. The molecule has 13 heavy (non-hydrogen) atoms. The van der Waals surface area contributed by atoms with Crippen LogP contribution in [0.1, 0.15) is 33.6 Å². The van der Waals surface area contributed by atoms with Crippen LogP contribution in [0.3, 0.4) is 0 Å². The zero-order chi connectivity index (χ0) is 10.3. The van der Waals surface area contributed by atoms with E-state index in [9.17, 15) is 4.79 Å². The summed E-state index contributed by atoms with van der Waals surface area (Å²) in [6, 6.07) is 0. The highest BCUT2D eigenvalue weighted by molar-refractivity contribution is 5.69. The first-order chi connectivity index (χ1) is 6.06. The van der Waals surface area contributed by atoms with Crippen LogP contribution < -0.4 is 0 Å². The molecule has 0 saturated carbocycles. The average Bonchev–Trinajstić information content (AvgIpc) is 1.98. The van der Waals surface area contributed by atoms with Crippen molar-refractivity contribution < 1.29 is 9.90 Å². The summed E-state index contributed by atoms with van der Waals surface area (Å²) in [7, 11) is 0. The van der Waals surface area contributed by atoms with E-state index in [2.05, 4.69) is 20.8 Å². The van der Waals surface area contributed by atoms with E-state index in [0.29, 0.717) is 5.92 Å². The number of hydrogen-bond donors (Lipinski definition) is 1. The van der Waals surface area contributed by atoms with Crippen molar-refractivity contribution in [3.05, 3.63) is 0 Å². The minimum atomic E-state index is -0.725. The fourth-order valence-electron chi connectivity index (χ4n) is 1.32. The van der Waals surface area contributed by atoms with Crippen LogP contribution >= 0.6 is 0 Å². The van der Waals surface area contributed by atoms with Gasteiger partial charge < -0.3 is 5.11 Å². The highest BCUT2D eigenvalue weighted by atomic mass is 16.4. The maximum Gasteiger partial charge on any atom is 0.317 e. The zero-order valence-corrected chi connectivity index (χ0v) is 8.92. The molecule has 0 aliphatic rings. The van der Waals surface area contributed by atoms with Crippen LogP contribution in [0, 0.1) is 5.92 Å². The van der Waals surface area contributed by atoms with Crippen molar-refractivity contribution in [2.24, 2.45) is 5.92 Å². The van der Waals surface area contributed by atoms with Crippen LogP contribution in [-0.4, -0.2) is 35.6 Å². The highest BCUT2D eigenvalue weighted by Crippen LogP contribution is 2.00. The second-order valence-electron chi connectivity index (χ2n) is 3.88. The molecule has 0 unspecified atom stereocenters. The number of carbonyl (C=O) groups is 1. The van der Waals surface area contributed by atoms with Gasteiger partial charge in [0.2, 0.25) is 0 Å². The maximum absolute atomic E-state index is 10.5. The maximum atomic E-state index is 10.5. The molecule has 1 N–H and O–H groups in total. The standard InChI is InChI=1S/C10H21NO2/c1-4-5-6-11(7-9(2)3)8-10(12)13/h9H,4-8H2,1-3H3,(H,12,13). The smallest absolute Gasteiger partial charge is 0.317 e. The first-order valence-corrected chi connectivity index (χ1v) is 5.00. The quantitative estimate of drug-likeness (QED) is 0.661. The predicted octanol–water partition coefficient (Wildman–Crippen LogP) is 1.83. The van der Waals surface area contributed by atoms with Crippen molar-refractivity contribution in [2.45, 2.75) is 33.6 Å². The minimum Gasteiger partial charge on any atom is -0.480 e. The molecule has 0 radical (unpaired) electrons. The van der Waals surface area contributed by atoms with Crippen molar-refractivity contribution in [3.8, 4) is 0 Å². The fourth-order valence-corrected chi connectivity index (χ4v) is 1.32. The van der Waals surface area contributed by atoms with Crippen LogP contribution in [0.15, 0.2) is 0 Å². The monoisotopic (exact) mass is 187 g/mol. The van der Waals surface area contributed by atoms with Gasteiger partial charge in [0.05, 0.1) is 6.54 Å². The van der Waals surface area contributed by atoms with Crippen molar-refractivity contribution >= 4 is 5.97 Å². The summed E-state index contributed by atoms with van der Waals surface area (Å²) in [5.74, 6) is -0.187. The molecule has 3 heteroatoms. The largest absolute Gasteiger partial charge is 0.480 e. The predicted molar refractivity (Wildman–Crippen MR) is 53.8 cm³/mol. The molecule has 0 amide bonds. The second-order valence-corrected chi connectivity index (χ2v) is 3.88. The summed E-state index contributed by atoms with van der Waals surface area (Å²) in [6.07, 6.45) is 2.20. The summed E-state index contributed by atoms with van der Waals surface area (Å²) in [5, 5.41) is 8.65. The number of carboxylic acid groups (broad SMARTS) is 1. The zero-order valence-electron chi connectivity index (χ0n) is 8.92. The Morgan fingerprint density at radius 3 is 2.46 bits per heavy atom. The minimum absolute atomic E-state index is 0.179. The van der Waals surface area contributed by atoms with Gasteiger partial charge in [0.15, 0.2) is 0 Å². The van der Waals surface area contributed by atoms with E-state index < -0.39 is 5.97 Å². The molecule has 0 aliphatic carbocycles. The lowest BCUT2D eigenvalue weighted by Gasteiger charge is -2.21. The van der Waals surface area contributed by atoms with E-state index in [1.165, 1.54) is 0 Å². The van der Waals surface area contributed by atoms with Crippen molar-refractivity contribution in [2.75, 3.05) is 19.6 Å². The molecule has 0 rings (SSSR count). The van der Waals surface area contributed by atoms with E-state index in [-0.39, 0.29) is 6.54 Å². The number of aliphatic carboxylic acids is 1. The normalized spacial score (nSPS) is 11.2. The third kappa shape index (κ3) is 7.78. The molecule has 0 spiro atoms. The Hall–Kier alpha value is -0.570. The van der Waals surface area contributed by atoms with Crippen LogP contribution in [0.2, 0.25) is 0 Å². The van der Waals surface area contributed by atoms with Crippen LogP contribution in [0.5, 0.6) is 0 Å². The first kappa shape index (κ1) is 12.4. The number of nitrogens with zero attached hydrogens (tertiary/aromatic N) is 1. The van der Waals surface area contributed by atoms with Crippen LogP contribution in [0.4, 0.5) is 0 Å². The van der Waals surface area contributed by atoms with Crippen LogP contribution in [0.25, 0.3) is 0 Å². The summed E-state index contributed by atoms with van der Waals surface area (Å²) in [4.78, 5) is 12.5. The molecule has 78 valence electrons. The Labute approximate surface area is 80.7 Å². The Morgan fingerprint density at radius 2 is 2.08 bits per heavy atom. The summed E-state index contributed by atoms with van der Waals surface area (Å²) < 4.78 is 0. The topological polar surface area (TPSA) is 40.5 Å². The van der Waals surface area contributed by atoms with Gasteiger partial charge in [0.25, 0.3) is 0 Å². The second kappa shape index (κ2) is 6.89. The first-order valence-electron chi connectivity index (χ1n) is 5.00. The van der Waals surface area contributed by atoms with Crippen molar-refractivity contribution in [1.29, 1.82) is 0 Å². The molecule has 0 heterocycles. The van der Waals surface area contributed by atoms with Crippen molar-refractivity contribution in [3.63, 3.8) is 0 Å². The molecule has 0 fully saturated rings. The van der Waals surface area contributed by atoms with Gasteiger partial charge in [-0.15, -0.1) is 0 Å². The lowest BCUT2D eigenvalue weighted by Crippen LogP contribution is -2.33. The SMILES string of the molecule is CCCCN(CC(=O)O)CC(C)C. The number of carboxylic acids is 1. The molecule has 0 atom stereocenters. The van der Waals surface area contributed by atoms with E-state index in [1.807, 2.05) is 4.90 Å². The van der Waals surface area contributed by atoms with Gasteiger partial charge in [-0.3, -0.25) is 9.69 Å². The van der Waals surface area contributed by atoms with Gasteiger partial charge in [0.1, 0.15) is 0 Å². The molecule has 0 aromatic rings. The van der Waals surface area contributed by atoms with E-state index >= 15 is 0 Å². The number of rotatable bonds is 7. The molecular weight excluding hydrogens is 166 g/mol. The van der Waals surface area contributed by atoms with Gasteiger partial charge in [-0.2, -0.15) is 0 Å². The van der Waals surface area contributed by atoms with E-state index in [0.717, 1.165) is 25.9 Å². The lowest BCUT2D eigenvalue weighted by molar-refractivity contribution is -0.138. The molecule has 0 bridgehead atoms. The molecule has 3 nitrogen and oxygen atoms in total. The summed E-state index contributed by atoms with van der Waals surface area (Å²) in [6.45, 7) is 8.31. The van der Waals surface area contributed by atoms with Gasteiger partial charge in [0, 0.05) is 6.54 Å². The molecule has 0 aromatic carbocycles. The Bertz CT molecular complexity index is 146. The molecular formula is C10H21NO2. The van der Waals surface area contributed by atoms with Gasteiger partial charge in [-0.25, -0.2) is 0 Å². The summed E-state index contributed by atoms with van der Waals surface area (Å²) in [5.41, 5.74) is 0. The number of unbranched alkanes of at least 4 members (excludes halogenated alkanes) is 1. The third-order valence-corrected chi connectivity index (χ3v) is 1.81. The highest BCUT2D eigenvalue weighted by Gasteiger charge is 2.09. The average molecular weight is 187 g/mol. The van der Waals surface area contributed by atoms with E-state index in [4.69, 9.17) is 5.11 Å². The summed E-state index contributed by atoms with van der Waals surface area (Å²) >= 11 is 0. The Morgan fingerprint density at radius 1 is 1.46 bits per heavy atom. The van der Waals surface area contributed by atoms with E-state index in [1.54, 1.807) is 0 Å². The van der Waals surface area contributed by atoms with Gasteiger partial charge >= 0.3 is 5.97 Å². The molecule has 0 saturated heterocycles. The van der Waals surface area contributed by atoms with Crippen molar-refractivity contribution in [1.82, 2.24) is 4.90 Å². The fraction of sp³-hybridized carbons (Fsp3) is 0.900. The van der Waals surface area contributed by atoms with Crippen LogP contribution in [-0.2, 0) is 4.79 Å². The molecule has 0 aliphatic heterocycles. The Balaban J connectivity index is 3.80. The van der Waals surface area contributed by atoms with Gasteiger partial charge in [-0.05, 0) is 18.9 Å². The third-order valence-electron chi connectivity index (χ3n) is 1.81. The lowest BCUT2D eigenvalue weighted by atomic mass is 10.2. The van der Waals surface area contributed by atoms with Gasteiger partial charge in [-0.1, -0.05) is 27.2 Å². The number of hydrogen-bond acceptors (Lipinski definition) is 2. The Kier molecular flexibility index (Phi) is 6.59.